The zero-order valence-electron chi connectivity index (χ0n) is 16.2. The third-order valence-corrected chi connectivity index (χ3v) is 6.55. The SMILES string of the molecule is I.NC(=NCc1ccc(S(=O)(=O)NCC2CCCO2)cc1)N1CCCCCC1. The second-order valence-corrected chi connectivity index (χ2v) is 8.97. The van der Waals surface area contributed by atoms with Crippen LogP contribution < -0.4 is 10.5 Å². The lowest BCUT2D eigenvalue weighted by Crippen LogP contribution is -2.38. The van der Waals surface area contributed by atoms with Crippen molar-refractivity contribution in [1.29, 1.82) is 0 Å². The number of sulfonamides is 1. The number of guanidine groups is 1. The summed E-state index contributed by atoms with van der Waals surface area (Å²) in [7, 11) is -3.52. The monoisotopic (exact) mass is 522 g/mol. The number of nitrogens with one attached hydrogen (secondary N) is 1. The number of ether oxygens (including phenoxy) is 1. The Morgan fingerprint density at radius 2 is 1.82 bits per heavy atom. The minimum absolute atomic E-state index is 0. The van der Waals surface area contributed by atoms with E-state index < -0.39 is 10.0 Å². The molecule has 0 aliphatic carbocycles. The molecule has 0 saturated carbocycles. The number of rotatable bonds is 6. The van der Waals surface area contributed by atoms with Crippen LogP contribution in [-0.4, -0.2) is 51.6 Å². The first-order chi connectivity index (χ1) is 13.0. The Morgan fingerprint density at radius 3 is 2.43 bits per heavy atom. The molecule has 1 atom stereocenters. The summed E-state index contributed by atoms with van der Waals surface area (Å²) in [4.78, 5) is 6.88. The maximum Gasteiger partial charge on any atom is 0.240 e. The summed E-state index contributed by atoms with van der Waals surface area (Å²) >= 11 is 0. The molecule has 0 spiro atoms. The van der Waals surface area contributed by atoms with Gasteiger partial charge in [0, 0.05) is 26.2 Å². The Bertz CT molecular complexity index is 726. The first kappa shape index (κ1) is 23.4. The number of hydrogen-bond donors (Lipinski definition) is 2. The molecule has 2 aliphatic rings. The van der Waals surface area contributed by atoms with Gasteiger partial charge in [0.15, 0.2) is 5.96 Å². The summed E-state index contributed by atoms with van der Waals surface area (Å²) in [6, 6.07) is 6.81. The molecule has 28 heavy (non-hydrogen) atoms. The van der Waals surface area contributed by atoms with E-state index in [9.17, 15) is 8.42 Å². The molecule has 9 heteroatoms. The van der Waals surface area contributed by atoms with Crippen molar-refractivity contribution in [1.82, 2.24) is 9.62 Å². The van der Waals surface area contributed by atoms with E-state index >= 15 is 0 Å². The number of halogens is 1. The van der Waals surface area contributed by atoms with Crippen molar-refractivity contribution in [2.75, 3.05) is 26.2 Å². The smallest absolute Gasteiger partial charge is 0.240 e. The van der Waals surface area contributed by atoms with Gasteiger partial charge < -0.3 is 15.4 Å². The number of hydrogen-bond acceptors (Lipinski definition) is 4. The zero-order valence-corrected chi connectivity index (χ0v) is 19.3. The molecule has 0 aromatic heterocycles. The van der Waals surface area contributed by atoms with Crippen molar-refractivity contribution < 1.29 is 13.2 Å². The van der Waals surface area contributed by atoms with Crippen LogP contribution in [0.15, 0.2) is 34.2 Å². The van der Waals surface area contributed by atoms with Gasteiger partial charge in [-0.05, 0) is 43.4 Å². The molecule has 1 unspecified atom stereocenters. The maximum absolute atomic E-state index is 12.4. The normalized spacial score (nSPS) is 21.2. The molecule has 0 bridgehead atoms. The Labute approximate surface area is 185 Å². The highest BCUT2D eigenvalue weighted by Crippen LogP contribution is 2.15. The van der Waals surface area contributed by atoms with Gasteiger partial charge in [-0.3, -0.25) is 0 Å². The summed E-state index contributed by atoms with van der Waals surface area (Å²) in [5.74, 6) is 0.576. The second kappa shape index (κ2) is 11.3. The Morgan fingerprint density at radius 1 is 1.14 bits per heavy atom. The highest BCUT2D eigenvalue weighted by atomic mass is 127. The first-order valence-electron chi connectivity index (χ1n) is 9.80. The van der Waals surface area contributed by atoms with E-state index in [1.54, 1.807) is 24.3 Å². The lowest BCUT2D eigenvalue weighted by Gasteiger charge is -2.21. The molecular weight excluding hydrogens is 491 g/mol. The number of benzene rings is 1. The molecule has 2 aliphatic heterocycles. The maximum atomic E-state index is 12.4. The fourth-order valence-corrected chi connectivity index (χ4v) is 4.50. The molecule has 2 saturated heterocycles. The van der Waals surface area contributed by atoms with Gasteiger partial charge in [-0.2, -0.15) is 0 Å². The summed E-state index contributed by atoms with van der Waals surface area (Å²) in [6.45, 7) is 3.40. The predicted octanol–water partition coefficient (Wildman–Crippen LogP) is 2.45. The topological polar surface area (TPSA) is 97.0 Å². The van der Waals surface area contributed by atoms with Crippen LogP contribution in [0.5, 0.6) is 0 Å². The molecule has 158 valence electrons. The molecule has 1 aromatic carbocycles. The zero-order chi connectivity index (χ0) is 19.1. The number of nitrogens with two attached hydrogens (primary N) is 1. The lowest BCUT2D eigenvalue weighted by atomic mass is 10.2. The van der Waals surface area contributed by atoms with Gasteiger partial charge >= 0.3 is 0 Å². The van der Waals surface area contributed by atoms with Crippen molar-refractivity contribution >= 4 is 40.0 Å². The summed E-state index contributed by atoms with van der Waals surface area (Å²) in [5.41, 5.74) is 7.06. The highest BCUT2D eigenvalue weighted by Gasteiger charge is 2.20. The molecule has 3 rings (SSSR count). The van der Waals surface area contributed by atoms with Gasteiger partial charge in [-0.1, -0.05) is 25.0 Å². The van der Waals surface area contributed by atoms with Gasteiger partial charge in [0.2, 0.25) is 10.0 Å². The summed E-state index contributed by atoms with van der Waals surface area (Å²) in [6.07, 6.45) is 6.68. The lowest BCUT2D eigenvalue weighted by molar-refractivity contribution is 0.114. The quantitative estimate of drug-likeness (QED) is 0.340. The second-order valence-electron chi connectivity index (χ2n) is 7.21. The van der Waals surface area contributed by atoms with Crippen molar-refractivity contribution in [3.05, 3.63) is 29.8 Å². The van der Waals surface area contributed by atoms with Gasteiger partial charge in [0.05, 0.1) is 17.5 Å². The van der Waals surface area contributed by atoms with Crippen LogP contribution in [0.25, 0.3) is 0 Å². The van der Waals surface area contributed by atoms with Crippen molar-refractivity contribution in [3.8, 4) is 0 Å². The van der Waals surface area contributed by atoms with Crippen LogP contribution in [0.4, 0.5) is 0 Å². The Kier molecular flexibility index (Phi) is 9.45. The number of aliphatic imine (C=N–C) groups is 1. The largest absolute Gasteiger partial charge is 0.377 e. The average Bonchev–Trinajstić information content (AvgIpc) is 3.05. The average molecular weight is 522 g/mol. The number of likely N-dealkylation sites (tertiary alicyclic amines) is 1. The molecule has 0 radical (unpaired) electrons. The van der Waals surface area contributed by atoms with Crippen molar-refractivity contribution in [3.63, 3.8) is 0 Å². The standard InChI is InChI=1S/C19H30N4O3S.HI/c20-19(23-11-3-1-2-4-12-23)21-14-16-7-9-18(10-8-16)27(24,25)22-15-17-6-5-13-26-17;/h7-10,17,22H,1-6,11-15H2,(H2,20,21);1H. The first-order valence-corrected chi connectivity index (χ1v) is 11.3. The summed E-state index contributed by atoms with van der Waals surface area (Å²) in [5, 5.41) is 0. The molecule has 2 heterocycles. The van der Waals surface area contributed by atoms with Crippen LogP contribution >= 0.6 is 24.0 Å². The third kappa shape index (κ3) is 6.85. The van der Waals surface area contributed by atoms with Crippen LogP contribution in [0.1, 0.15) is 44.1 Å². The van der Waals surface area contributed by atoms with Gasteiger partial charge in [-0.15, -0.1) is 24.0 Å². The minimum atomic E-state index is -3.52. The minimum Gasteiger partial charge on any atom is -0.377 e. The summed E-state index contributed by atoms with van der Waals surface area (Å²) < 4.78 is 32.9. The number of nitrogens with zero attached hydrogens (tertiary/aromatic N) is 2. The molecular formula is C19H31IN4O3S. The van der Waals surface area contributed by atoms with Crippen LogP contribution in [-0.2, 0) is 21.3 Å². The van der Waals surface area contributed by atoms with E-state index in [2.05, 4.69) is 14.6 Å². The highest BCUT2D eigenvalue weighted by molar-refractivity contribution is 14.0. The van der Waals surface area contributed by atoms with Gasteiger partial charge in [0.1, 0.15) is 0 Å². The van der Waals surface area contributed by atoms with E-state index in [1.165, 1.54) is 12.8 Å². The van der Waals surface area contributed by atoms with E-state index in [4.69, 9.17) is 10.5 Å². The Balaban J connectivity index is 0.00000280. The van der Waals surface area contributed by atoms with Crippen molar-refractivity contribution in [2.45, 2.75) is 56.1 Å². The predicted molar refractivity (Wildman–Crippen MR) is 121 cm³/mol. The van der Waals surface area contributed by atoms with Gasteiger partial charge in [-0.25, -0.2) is 18.1 Å². The molecule has 7 nitrogen and oxygen atoms in total. The third-order valence-electron chi connectivity index (χ3n) is 5.11. The van der Waals surface area contributed by atoms with Gasteiger partial charge in [0.25, 0.3) is 0 Å². The molecule has 0 amide bonds. The van der Waals surface area contributed by atoms with E-state index in [-0.39, 0.29) is 35.0 Å². The van der Waals surface area contributed by atoms with Crippen molar-refractivity contribution in [2.24, 2.45) is 10.7 Å². The van der Waals surface area contributed by atoms with Crippen LogP contribution in [0.2, 0.25) is 0 Å². The van der Waals surface area contributed by atoms with E-state index in [0.29, 0.717) is 25.7 Å². The Hall–Kier alpha value is -0.910. The van der Waals surface area contributed by atoms with Crippen LogP contribution in [0.3, 0.4) is 0 Å². The molecule has 1 aromatic rings. The van der Waals surface area contributed by atoms with E-state index in [0.717, 1.165) is 44.3 Å². The molecule has 3 N–H and O–H groups in total. The van der Waals surface area contributed by atoms with E-state index in [1.807, 2.05) is 0 Å². The fourth-order valence-electron chi connectivity index (χ4n) is 3.44. The molecule has 2 fully saturated rings. The van der Waals surface area contributed by atoms with Crippen LogP contribution in [0, 0.1) is 0 Å². The fraction of sp³-hybridized carbons (Fsp3) is 0.632.